The van der Waals surface area contributed by atoms with Crippen LogP contribution in [0.5, 0.6) is 5.75 Å². The zero-order chi connectivity index (χ0) is 17.7. The number of ether oxygens (including phenoxy) is 1. The number of nitrogens with one attached hydrogen (secondary N) is 2. The average molecular weight is 350 g/mol. The van der Waals surface area contributed by atoms with Crippen LogP contribution in [0.1, 0.15) is 24.5 Å². The van der Waals surface area contributed by atoms with Crippen molar-refractivity contribution in [3.63, 3.8) is 0 Å². The van der Waals surface area contributed by atoms with Crippen LogP contribution in [0, 0.1) is 13.8 Å². The number of nitrogens with zero attached hydrogens (tertiary/aromatic N) is 2. The van der Waals surface area contributed by atoms with Gasteiger partial charge in [0.05, 0.1) is 12.0 Å². The van der Waals surface area contributed by atoms with Crippen molar-refractivity contribution in [2.24, 2.45) is 0 Å². The third-order valence-corrected chi connectivity index (χ3v) is 4.94. The summed E-state index contributed by atoms with van der Waals surface area (Å²) in [7, 11) is -2.20. The molecular weight excluding hydrogens is 328 g/mol. The molecule has 2 N–H and O–H groups in total. The molecule has 1 aromatic heterocycles. The first-order valence-electron chi connectivity index (χ1n) is 7.63. The second-order valence-corrected chi connectivity index (χ2v) is 7.07. The van der Waals surface area contributed by atoms with Gasteiger partial charge in [0.15, 0.2) is 5.82 Å². The Bertz CT molecular complexity index is 805. The topological polar surface area (TPSA) is 93.2 Å². The van der Waals surface area contributed by atoms with E-state index in [-0.39, 0.29) is 10.7 Å². The summed E-state index contributed by atoms with van der Waals surface area (Å²) in [5.74, 6) is 1.43. The molecule has 0 unspecified atom stereocenters. The second kappa shape index (κ2) is 7.48. The minimum Gasteiger partial charge on any atom is -0.496 e. The zero-order valence-corrected chi connectivity index (χ0v) is 15.1. The maximum absolute atomic E-state index is 12.6. The lowest BCUT2D eigenvalue weighted by molar-refractivity contribution is 0.411. The number of aromatic nitrogens is 2. The number of sulfonamides is 1. The van der Waals surface area contributed by atoms with E-state index in [1.165, 1.54) is 0 Å². The third kappa shape index (κ3) is 4.14. The van der Waals surface area contributed by atoms with Gasteiger partial charge in [-0.15, -0.1) is 10.2 Å². The Hall–Kier alpha value is -2.35. The van der Waals surface area contributed by atoms with E-state index in [1.807, 2.05) is 6.92 Å². The Balaban J connectivity index is 2.24. The number of hydrogen-bond donors (Lipinski definition) is 2. The fourth-order valence-corrected chi connectivity index (χ4v) is 3.51. The van der Waals surface area contributed by atoms with Crippen LogP contribution in [0.3, 0.4) is 0 Å². The van der Waals surface area contributed by atoms with Gasteiger partial charge in [0.1, 0.15) is 11.6 Å². The van der Waals surface area contributed by atoms with Gasteiger partial charge < -0.3 is 10.1 Å². The van der Waals surface area contributed by atoms with Gasteiger partial charge in [-0.05, 0) is 55.7 Å². The summed E-state index contributed by atoms with van der Waals surface area (Å²) < 4.78 is 32.9. The predicted octanol–water partition coefficient (Wildman–Crippen LogP) is 2.72. The van der Waals surface area contributed by atoms with Crippen LogP contribution >= 0.6 is 0 Å². The first-order chi connectivity index (χ1) is 11.4. The average Bonchev–Trinajstić information content (AvgIpc) is 2.55. The van der Waals surface area contributed by atoms with Gasteiger partial charge in [0, 0.05) is 6.54 Å². The van der Waals surface area contributed by atoms with Gasteiger partial charge in [0.2, 0.25) is 0 Å². The molecule has 130 valence electrons. The van der Waals surface area contributed by atoms with E-state index in [4.69, 9.17) is 4.74 Å². The zero-order valence-electron chi connectivity index (χ0n) is 14.3. The molecule has 0 spiro atoms. The molecule has 0 saturated carbocycles. The first-order valence-corrected chi connectivity index (χ1v) is 9.11. The highest BCUT2D eigenvalue weighted by molar-refractivity contribution is 7.92. The highest BCUT2D eigenvalue weighted by Crippen LogP contribution is 2.26. The summed E-state index contributed by atoms with van der Waals surface area (Å²) in [6, 6.07) is 6.55. The molecule has 24 heavy (non-hydrogen) atoms. The van der Waals surface area contributed by atoms with E-state index >= 15 is 0 Å². The van der Waals surface area contributed by atoms with E-state index in [1.54, 1.807) is 45.2 Å². The van der Waals surface area contributed by atoms with Crippen molar-refractivity contribution >= 4 is 21.7 Å². The number of methoxy groups -OCH3 is 1. The van der Waals surface area contributed by atoms with Gasteiger partial charge in [-0.2, -0.15) is 0 Å². The Labute approximate surface area is 142 Å². The molecule has 0 fully saturated rings. The van der Waals surface area contributed by atoms with E-state index in [0.717, 1.165) is 18.5 Å². The molecule has 1 heterocycles. The van der Waals surface area contributed by atoms with Crippen LogP contribution in [0.2, 0.25) is 0 Å². The number of anilines is 2. The van der Waals surface area contributed by atoms with Crippen molar-refractivity contribution in [1.29, 1.82) is 0 Å². The molecular formula is C16H22N4O3S. The molecule has 0 atom stereocenters. The standard InChI is InChI=1S/C16H22N4O3S/c1-5-8-17-15-6-7-16(19-18-15)20-24(21,22)14-10-11(2)13(23-4)9-12(14)3/h6-7,9-10H,5,8H2,1-4H3,(H,17,18)(H,19,20). The summed E-state index contributed by atoms with van der Waals surface area (Å²) in [6.45, 7) is 6.34. The molecule has 0 aliphatic rings. The van der Waals surface area contributed by atoms with Crippen molar-refractivity contribution < 1.29 is 13.2 Å². The lowest BCUT2D eigenvalue weighted by atomic mass is 10.1. The Kier molecular flexibility index (Phi) is 5.61. The fraction of sp³-hybridized carbons (Fsp3) is 0.375. The van der Waals surface area contributed by atoms with Crippen molar-refractivity contribution in [3.8, 4) is 5.75 Å². The number of rotatable bonds is 7. The fourth-order valence-electron chi connectivity index (χ4n) is 2.20. The van der Waals surface area contributed by atoms with E-state index in [2.05, 4.69) is 20.2 Å². The van der Waals surface area contributed by atoms with Crippen LogP contribution in [0.4, 0.5) is 11.6 Å². The molecule has 7 nitrogen and oxygen atoms in total. The molecule has 0 aliphatic carbocycles. The Morgan fingerprint density at radius 1 is 1.08 bits per heavy atom. The van der Waals surface area contributed by atoms with Gasteiger partial charge in [-0.25, -0.2) is 8.42 Å². The largest absolute Gasteiger partial charge is 0.496 e. The Morgan fingerprint density at radius 2 is 1.75 bits per heavy atom. The van der Waals surface area contributed by atoms with Crippen molar-refractivity contribution in [3.05, 3.63) is 35.4 Å². The summed E-state index contributed by atoms with van der Waals surface area (Å²) >= 11 is 0. The van der Waals surface area contributed by atoms with Crippen LogP contribution in [0.15, 0.2) is 29.2 Å². The number of hydrogen-bond acceptors (Lipinski definition) is 6. The van der Waals surface area contributed by atoms with Gasteiger partial charge in [-0.1, -0.05) is 6.92 Å². The summed E-state index contributed by atoms with van der Waals surface area (Å²) in [4.78, 5) is 0.191. The number of benzene rings is 1. The summed E-state index contributed by atoms with van der Waals surface area (Å²) in [6.07, 6.45) is 0.964. The molecule has 0 radical (unpaired) electrons. The van der Waals surface area contributed by atoms with Crippen molar-refractivity contribution in [2.75, 3.05) is 23.7 Å². The second-order valence-electron chi connectivity index (χ2n) is 5.42. The van der Waals surface area contributed by atoms with Gasteiger partial charge >= 0.3 is 0 Å². The van der Waals surface area contributed by atoms with Crippen LogP contribution in [0.25, 0.3) is 0 Å². The monoisotopic (exact) mass is 350 g/mol. The summed E-state index contributed by atoms with van der Waals surface area (Å²) in [5, 5.41) is 10.9. The minimum absolute atomic E-state index is 0.171. The first kappa shape index (κ1) is 18.0. The lowest BCUT2D eigenvalue weighted by Gasteiger charge is -2.13. The smallest absolute Gasteiger partial charge is 0.263 e. The molecule has 8 heteroatoms. The predicted molar refractivity (Wildman–Crippen MR) is 94.1 cm³/mol. The van der Waals surface area contributed by atoms with Crippen LogP contribution in [-0.2, 0) is 10.0 Å². The highest BCUT2D eigenvalue weighted by Gasteiger charge is 2.19. The van der Waals surface area contributed by atoms with Crippen LogP contribution < -0.4 is 14.8 Å². The third-order valence-electron chi connectivity index (χ3n) is 3.44. The molecule has 2 aromatic rings. The maximum Gasteiger partial charge on any atom is 0.263 e. The van der Waals surface area contributed by atoms with Gasteiger partial charge in [0.25, 0.3) is 10.0 Å². The van der Waals surface area contributed by atoms with E-state index in [9.17, 15) is 8.42 Å². The highest BCUT2D eigenvalue weighted by atomic mass is 32.2. The quantitative estimate of drug-likeness (QED) is 0.797. The molecule has 0 bridgehead atoms. The molecule has 2 rings (SSSR count). The Morgan fingerprint density at radius 3 is 2.33 bits per heavy atom. The summed E-state index contributed by atoms with van der Waals surface area (Å²) in [5.41, 5.74) is 1.34. The SMILES string of the molecule is CCCNc1ccc(NS(=O)(=O)c2cc(C)c(OC)cc2C)nn1. The molecule has 0 aliphatic heterocycles. The van der Waals surface area contributed by atoms with Gasteiger partial charge in [-0.3, -0.25) is 4.72 Å². The van der Waals surface area contributed by atoms with E-state index in [0.29, 0.717) is 17.1 Å². The maximum atomic E-state index is 12.6. The van der Waals surface area contributed by atoms with Crippen molar-refractivity contribution in [2.45, 2.75) is 32.1 Å². The number of aryl methyl sites for hydroxylation is 2. The molecule has 0 saturated heterocycles. The van der Waals surface area contributed by atoms with E-state index < -0.39 is 10.0 Å². The normalized spacial score (nSPS) is 11.2. The minimum atomic E-state index is -3.75. The molecule has 0 amide bonds. The van der Waals surface area contributed by atoms with Crippen LogP contribution in [-0.4, -0.2) is 32.3 Å². The molecule has 1 aromatic carbocycles. The lowest BCUT2D eigenvalue weighted by Crippen LogP contribution is -2.16. The van der Waals surface area contributed by atoms with Crippen molar-refractivity contribution in [1.82, 2.24) is 10.2 Å².